The van der Waals surface area contributed by atoms with E-state index < -0.39 is 12.5 Å². The number of hydrogen-bond acceptors (Lipinski definition) is 3. The van der Waals surface area contributed by atoms with Crippen LogP contribution >= 0.6 is 0 Å². The number of aliphatic hydroxyl groups is 1. The minimum Gasteiger partial charge on any atom is -0.406 e. The summed E-state index contributed by atoms with van der Waals surface area (Å²) in [5, 5.41) is 9.28. The van der Waals surface area contributed by atoms with Crippen LogP contribution in [0.1, 0.15) is 12.0 Å². The van der Waals surface area contributed by atoms with Crippen LogP contribution in [0.25, 0.3) is 0 Å². The largest absolute Gasteiger partial charge is 0.573 e. The molecule has 0 aromatic heterocycles. The van der Waals surface area contributed by atoms with Gasteiger partial charge in [0.15, 0.2) is 0 Å². The zero-order chi connectivity index (χ0) is 14.0. The average molecular weight is 275 g/mol. The summed E-state index contributed by atoms with van der Waals surface area (Å²) in [7, 11) is 0. The van der Waals surface area contributed by atoms with Crippen molar-refractivity contribution in [2.45, 2.75) is 25.4 Å². The smallest absolute Gasteiger partial charge is 0.406 e. The zero-order valence-corrected chi connectivity index (χ0v) is 9.85. The Morgan fingerprint density at radius 3 is 2.42 bits per heavy atom. The lowest BCUT2D eigenvalue weighted by molar-refractivity contribution is -0.274. The van der Waals surface area contributed by atoms with E-state index in [2.05, 4.69) is 4.74 Å². The molecule has 104 valence electrons. The van der Waals surface area contributed by atoms with Crippen molar-refractivity contribution in [1.82, 2.24) is 4.90 Å². The van der Waals surface area contributed by atoms with Crippen LogP contribution in [0.15, 0.2) is 24.3 Å². The minimum atomic E-state index is -4.71. The normalized spacial score (nSPS) is 19.9. The minimum absolute atomic E-state index is 0.266. The molecule has 1 unspecified atom stereocenters. The number of carbonyl (C=O) groups excluding carboxylic acids is 1. The highest BCUT2D eigenvalue weighted by Crippen LogP contribution is 2.23. The van der Waals surface area contributed by atoms with Crippen molar-refractivity contribution in [1.29, 1.82) is 0 Å². The second-order valence-electron chi connectivity index (χ2n) is 4.26. The Kier molecular flexibility index (Phi) is 3.66. The molecule has 7 heteroatoms. The number of hydrogen-bond donors (Lipinski definition) is 1. The van der Waals surface area contributed by atoms with Gasteiger partial charge < -0.3 is 14.7 Å². The molecule has 2 rings (SSSR count). The first-order valence-electron chi connectivity index (χ1n) is 5.67. The van der Waals surface area contributed by atoms with E-state index in [4.69, 9.17) is 0 Å². The molecule has 0 bridgehead atoms. The Morgan fingerprint density at radius 1 is 1.32 bits per heavy atom. The fourth-order valence-corrected chi connectivity index (χ4v) is 1.90. The molecule has 1 aliphatic heterocycles. The van der Waals surface area contributed by atoms with Gasteiger partial charge in [-0.3, -0.25) is 4.79 Å². The quantitative estimate of drug-likeness (QED) is 0.913. The third-order valence-electron chi connectivity index (χ3n) is 2.80. The summed E-state index contributed by atoms with van der Waals surface area (Å²) in [6, 6.07) is 5.30. The van der Waals surface area contributed by atoms with E-state index in [-0.39, 0.29) is 18.2 Å². The van der Waals surface area contributed by atoms with Crippen molar-refractivity contribution >= 4 is 5.91 Å². The average Bonchev–Trinajstić information content (AvgIpc) is 2.62. The van der Waals surface area contributed by atoms with Crippen LogP contribution in [0.3, 0.4) is 0 Å². The summed E-state index contributed by atoms with van der Waals surface area (Å²) in [6.45, 7) is 0.711. The second kappa shape index (κ2) is 5.08. The molecule has 0 spiro atoms. The van der Waals surface area contributed by atoms with Crippen LogP contribution in [0.4, 0.5) is 13.2 Å². The molecule has 1 heterocycles. The van der Waals surface area contributed by atoms with E-state index in [1.54, 1.807) is 0 Å². The van der Waals surface area contributed by atoms with Gasteiger partial charge in [0.05, 0.1) is 0 Å². The van der Waals surface area contributed by atoms with Gasteiger partial charge in [-0.05, 0) is 24.1 Å². The number of benzene rings is 1. The first-order chi connectivity index (χ1) is 8.85. The van der Waals surface area contributed by atoms with Gasteiger partial charge >= 0.3 is 6.36 Å². The molecule has 1 aromatic rings. The third kappa shape index (κ3) is 3.60. The molecule has 1 aliphatic rings. The fraction of sp³-hybridized carbons (Fsp3) is 0.417. The van der Waals surface area contributed by atoms with E-state index in [0.717, 1.165) is 0 Å². The molecule has 0 radical (unpaired) electrons. The van der Waals surface area contributed by atoms with Crippen molar-refractivity contribution in [2.24, 2.45) is 0 Å². The van der Waals surface area contributed by atoms with Gasteiger partial charge in [0, 0.05) is 13.1 Å². The fourth-order valence-electron chi connectivity index (χ4n) is 1.90. The van der Waals surface area contributed by atoms with E-state index in [0.29, 0.717) is 18.5 Å². The van der Waals surface area contributed by atoms with E-state index in [1.165, 1.54) is 29.2 Å². The molecule has 4 nitrogen and oxygen atoms in total. The summed E-state index contributed by atoms with van der Waals surface area (Å²) in [4.78, 5) is 12.9. The number of amides is 1. The Balaban J connectivity index is 1.97. The van der Waals surface area contributed by atoms with E-state index in [9.17, 15) is 23.1 Å². The first-order valence-corrected chi connectivity index (χ1v) is 5.67. The molecule has 1 N–H and O–H groups in total. The number of aliphatic hydroxyl groups excluding tert-OH is 1. The van der Waals surface area contributed by atoms with E-state index in [1.807, 2.05) is 0 Å². The molecular formula is C12H12F3NO3. The van der Waals surface area contributed by atoms with Crippen LogP contribution < -0.4 is 4.74 Å². The van der Waals surface area contributed by atoms with Crippen molar-refractivity contribution in [3.63, 3.8) is 0 Å². The highest BCUT2D eigenvalue weighted by molar-refractivity contribution is 5.82. The van der Waals surface area contributed by atoms with Gasteiger partial charge in [0.25, 0.3) is 5.91 Å². The molecule has 0 saturated carbocycles. The Bertz CT molecular complexity index is 458. The van der Waals surface area contributed by atoms with Crippen LogP contribution in [-0.2, 0) is 11.3 Å². The Labute approximate surface area is 107 Å². The lowest BCUT2D eigenvalue weighted by atomic mass is 10.2. The SMILES string of the molecule is O=C1C(O)CCN1Cc1ccc(OC(F)(F)F)cc1. The van der Waals surface area contributed by atoms with Gasteiger partial charge in [0.1, 0.15) is 11.9 Å². The monoisotopic (exact) mass is 275 g/mol. The summed E-state index contributed by atoms with van der Waals surface area (Å²) in [6.07, 6.45) is -5.29. The van der Waals surface area contributed by atoms with Crippen LogP contribution in [0, 0.1) is 0 Å². The topological polar surface area (TPSA) is 49.8 Å². The number of halogens is 3. The van der Waals surface area contributed by atoms with E-state index >= 15 is 0 Å². The van der Waals surface area contributed by atoms with Crippen LogP contribution in [0.5, 0.6) is 5.75 Å². The summed E-state index contributed by atoms with van der Waals surface area (Å²) >= 11 is 0. The number of ether oxygens (including phenoxy) is 1. The van der Waals surface area contributed by atoms with Gasteiger partial charge in [-0.15, -0.1) is 13.2 Å². The lowest BCUT2D eigenvalue weighted by Crippen LogP contribution is -2.28. The molecule has 1 amide bonds. The lowest BCUT2D eigenvalue weighted by Gasteiger charge is -2.16. The Hall–Kier alpha value is -1.76. The van der Waals surface area contributed by atoms with Gasteiger partial charge in [0.2, 0.25) is 0 Å². The second-order valence-corrected chi connectivity index (χ2v) is 4.26. The maximum absolute atomic E-state index is 12.0. The first kappa shape index (κ1) is 13.7. The van der Waals surface area contributed by atoms with Gasteiger partial charge in [-0.2, -0.15) is 0 Å². The van der Waals surface area contributed by atoms with Gasteiger partial charge in [-0.1, -0.05) is 12.1 Å². The molecule has 1 saturated heterocycles. The van der Waals surface area contributed by atoms with Crippen molar-refractivity contribution in [3.8, 4) is 5.75 Å². The number of rotatable bonds is 3. The van der Waals surface area contributed by atoms with Crippen molar-refractivity contribution in [3.05, 3.63) is 29.8 Å². The predicted molar refractivity (Wildman–Crippen MR) is 59.2 cm³/mol. The predicted octanol–water partition coefficient (Wildman–Crippen LogP) is 1.68. The maximum atomic E-state index is 12.0. The highest BCUT2D eigenvalue weighted by Gasteiger charge is 2.31. The van der Waals surface area contributed by atoms with Crippen molar-refractivity contribution < 1.29 is 27.8 Å². The summed E-state index contributed by atoms with van der Waals surface area (Å²) in [5.74, 6) is -0.653. The zero-order valence-electron chi connectivity index (χ0n) is 9.85. The van der Waals surface area contributed by atoms with Gasteiger partial charge in [-0.25, -0.2) is 0 Å². The standard InChI is InChI=1S/C12H12F3NO3/c13-12(14,15)19-9-3-1-8(2-4-9)7-16-6-5-10(17)11(16)18/h1-4,10,17H,5-7H2. The molecule has 19 heavy (non-hydrogen) atoms. The number of likely N-dealkylation sites (tertiary alicyclic amines) is 1. The molecule has 1 atom stereocenters. The number of nitrogens with zero attached hydrogens (tertiary/aromatic N) is 1. The summed E-state index contributed by atoms with van der Waals surface area (Å²) < 4.78 is 39.6. The molecule has 1 fully saturated rings. The molecular weight excluding hydrogens is 263 g/mol. The number of alkyl halides is 3. The van der Waals surface area contributed by atoms with Crippen LogP contribution in [-0.4, -0.2) is 34.9 Å². The third-order valence-corrected chi connectivity index (χ3v) is 2.80. The Morgan fingerprint density at radius 2 is 1.95 bits per heavy atom. The maximum Gasteiger partial charge on any atom is 0.573 e. The molecule has 0 aliphatic carbocycles. The van der Waals surface area contributed by atoms with Crippen LogP contribution in [0.2, 0.25) is 0 Å². The van der Waals surface area contributed by atoms with Crippen molar-refractivity contribution in [2.75, 3.05) is 6.54 Å². The summed E-state index contributed by atoms with van der Waals surface area (Å²) in [5.41, 5.74) is 0.678. The highest BCUT2D eigenvalue weighted by atomic mass is 19.4. The number of carbonyl (C=O) groups is 1. The molecule has 1 aromatic carbocycles.